The molecule has 0 radical (unpaired) electrons. The van der Waals surface area contributed by atoms with Gasteiger partial charge in [0.1, 0.15) is 5.75 Å². The summed E-state index contributed by atoms with van der Waals surface area (Å²) >= 11 is 9.18. The maximum atomic E-state index is 13.8. The third kappa shape index (κ3) is 3.95. The number of rotatable bonds is 4. The van der Waals surface area contributed by atoms with Gasteiger partial charge in [0.15, 0.2) is 11.6 Å². The van der Waals surface area contributed by atoms with Crippen LogP contribution in [-0.4, -0.2) is 6.04 Å². The van der Waals surface area contributed by atoms with E-state index in [1.165, 1.54) is 6.07 Å². The lowest BCUT2D eigenvalue weighted by molar-refractivity contribution is 0.436. The van der Waals surface area contributed by atoms with Crippen LogP contribution in [0.2, 0.25) is 5.02 Å². The van der Waals surface area contributed by atoms with Gasteiger partial charge in [0.2, 0.25) is 0 Å². The first-order valence-corrected chi connectivity index (χ1v) is 7.29. The Kier molecular flexibility index (Phi) is 5.02. The molecule has 0 aromatic heterocycles. The largest absolute Gasteiger partial charge is 0.454 e. The molecule has 2 N–H and O–H groups in total. The van der Waals surface area contributed by atoms with E-state index < -0.39 is 5.82 Å². The van der Waals surface area contributed by atoms with Gasteiger partial charge in [0.25, 0.3) is 0 Å². The summed E-state index contributed by atoms with van der Waals surface area (Å²) in [6.45, 7) is 1.90. The van der Waals surface area contributed by atoms with Crippen LogP contribution in [0.5, 0.6) is 11.5 Å². The normalized spacial score (nSPS) is 12.2. The molecule has 20 heavy (non-hydrogen) atoms. The fraction of sp³-hybridized carbons (Fsp3) is 0.200. The average Bonchev–Trinajstić information content (AvgIpc) is 2.35. The molecule has 1 atom stereocenters. The van der Waals surface area contributed by atoms with Gasteiger partial charge in [-0.25, -0.2) is 4.39 Å². The molecular formula is C15H14BrClFNO. The predicted octanol–water partition coefficient (Wildman–Crippen LogP) is 4.92. The Hall–Kier alpha value is -1.10. The van der Waals surface area contributed by atoms with E-state index >= 15 is 0 Å². The van der Waals surface area contributed by atoms with Crippen molar-refractivity contribution < 1.29 is 9.13 Å². The molecule has 5 heteroatoms. The maximum Gasteiger partial charge on any atom is 0.166 e. The fourth-order valence-corrected chi connectivity index (χ4v) is 2.31. The first-order valence-electron chi connectivity index (χ1n) is 6.12. The summed E-state index contributed by atoms with van der Waals surface area (Å²) in [6.07, 6.45) is 0.630. The minimum atomic E-state index is -0.439. The van der Waals surface area contributed by atoms with Crippen molar-refractivity contribution in [3.63, 3.8) is 0 Å². The number of ether oxygens (including phenoxy) is 1. The van der Waals surface area contributed by atoms with Crippen LogP contribution in [0.3, 0.4) is 0 Å². The van der Waals surface area contributed by atoms with Crippen LogP contribution in [0.15, 0.2) is 40.9 Å². The lowest BCUT2D eigenvalue weighted by atomic mass is 10.1. The Bertz CT molecular complexity index is 619. The summed E-state index contributed by atoms with van der Waals surface area (Å²) in [5.74, 6) is 0.239. The molecule has 0 aliphatic heterocycles. The van der Waals surface area contributed by atoms with Crippen LogP contribution in [0, 0.1) is 5.82 Å². The second-order valence-electron chi connectivity index (χ2n) is 4.61. The summed E-state index contributed by atoms with van der Waals surface area (Å²) in [5, 5.41) is 0.533. The van der Waals surface area contributed by atoms with Gasteiger partial charge in [-0.3, -0.25) is 0 Å². The van der Waals surface area contributed by atoms with Crippen LogP contribution in [-0.2, 0) is 6.42 Å². The van der Waals surface area contributed by atoms with Crippen LogP contribution < -0.4 is 10.5 Å². The van der Waals surface area contributed by atoms with E-state index in [0.29, 0.717) is 21.7 Å². The molecule has 106 valence electrons. The van der Waals surface area contributed by atoms with Crippen molar-refractivity contribution in [2.75, 3.05) is 0 Å². The van der Waals surface area contributed by atoms with Gasteiger partial charge >= 0.3 is 0 Å². The third-order valence-corrected chi connectivity index (χ3v) is 3.41. The van der Waals surface area contributed by atoms with Crippen molar-refractivity contribution >= 4 is 27.5 Å². The molecule has 0 aliphatic rings. The molecule has 0 heterocycles. The quantitative estimate of drug-likeness (QED) is 0.841. The highest BCUT2D eigenvalue weighted by atomic mass is 79.9. The Morgan fingerprint density at radius 3 is 2.65 bits per heavy atom. The smallest absolute Gasteiger partial charge is 0.166 e. The number of halogens is 3. The summed E-state index contributed by atoms with van der Waals surface area (Å²) in [5.41, 5.74) is 6.70. The second kappa shape index (κ2) is 6.57. The van der Waals surface area contributed by atoms with Crippen molar-refractivity contribution in [1.29, 1.82) is 0 Å². The molecule has 2 aromatic rings. The zero-order valence-electron chi connectivity index (χ0n) is 10.9. The number of benzene rings is 2. The van der Waals surface area contributed by atoms with Crippen molar-refractivity contribution in [1.82, 2.24) is 0 Å². The van der Waals surface area contributed by atoms with E-state index in [1.807, 2.05) is 13.0 Å². The predicted molar refractivity (Wildman–Crippen MR) is 83.0 cm³/mol. The van der Waals surface area contributed by atoms with E-state index in [0.717, 1.165) is 5.56 Å². The van der Waals surface area contributed by atoms with Gasteiger partial charge in [-0.2, -0.15) is 0 Å². The zero-order valence-corrected chi connectivity index (χ0v) is 13.2. The van der Waals surface area contributed by atoms with E-state index in [4.69, 9.17) is 22.1 Å². The van der Waals surface area contributed by atoms with Gasteiger partial charge in [-0.05, 0) is 49.2 Å². The van der Waals surface area contributed by atoms with Gasteiger partial charge in [-0.1, -0.05) is 33.6 Å². The number of nitrogens with two attached hydrogens (primary N) is 1. The van der Waals surface area contributed by atoms with E-state index in [-0.39, 0.29) is 11.8 Å². The second-order valence-corrected chi connectivity index (χ2v) is 5.96. The standard InChI is InChI=1S/C15H14BrClFNO/c1-9(19)6-10-2-4-12(17)8-15(10)20-14-5-3-11(16)7-13(14)18/h2-5,7-9H,6,19H2,1H3. The molecule has 1 unspecified atom stereocenters. The lowest BCUT2D eigenvalue weighted by Gasteiger charge is -2.14. The molecular weight excluding hydrogens is 345 g/mol. The molecule has 2 aromatic carbocycles. The minimum Gasteiger partial charge on any atom is -0.454 e. The Labute approximate surface area is 130 Å². The highest BCUT2D eigenvalue weighted by Gasteiger charge is 2.11. The average molecular weight is 359 g/mol. The van der Waals surface area contributed by atoms with Gasteiger partial charge in [-0.15, -0.1) is 0 Å². The Balaban J connectivity index is 2.34. The molecule has 2 rings (SSSR count). The maximum absolute atomic E-state index is 13.8. The molecule has 0 bridgehead atoms. The van der Waals surface area contributed by atoms with Crippen LogP contribution in [0.4, 0.5) is 4.39 Å². The molecule has 0 aliphatic carbocycles. The number of hydrogen-bond acceptors (Lipinski definition) is 2. The fourth-order valence-electron chi connectivity index (χ4n) is 1.82. The van der Waals surface area contributed by atoms with Crippen LogP contribution in [0.1, 0.15) is 12.5 Å². The highest BCUT2D eigenvalue weighted by molar-refractivity contribution is 9.10. The van der Waals surface area contributed by atoms with E-state index in [1.54, 1.807) is 24.3 Å². The lowest BCUT2D eigenvalue weighted by Crippen LogP contribution is -2.18. The molecule has 0 fully saturated rings. The number of hydrogen-bond donors (Lipinski definition) is 1. The Morgan fingerprint density at radius 1 is 1.25 bits per heavy atom. The van der Waals surface area contributed by atoms with Crippen molar-refractivity contribution in [3.8, 4) is 11.5 Å². The molecule has 0 saturated heterocycles. The Morgan fingerprint density at radius 2 is 2.00 bits per heavy atom. The molecule has 0 amide bonds. The molecule has 2 nitrogen and oxygen atoms in total. The first kappa shape index (κ1) is 15.3. The van der Waals surface area contributed by atoms with E-state index in [2.05, 4.69) is 15.9 Å². The van der Waals surface area contributed by atoms with Crippen molar-refractivity contribution in [2.24, 2.45) is 5.73 Å². The van der Waals surface area contributed by atoms with Crippen molar-refractivity contribution in [3.05, 3.63) is 57.3 Å². The summed E-state index contributed by atoms with van der Waals surface area (Å²) in [7, 11) is 0. The van der Waals surface area contributed by atoms with Gasteiger partial charge in [0, 0.05) is 15.5 Å². The third-order valence-electron chi connectivity index (χ3n) is 2.68. The zero-order chi connectivity index (χ0) is 14.7. The van der Waals surface area contributed by atoms with Crippen molar-refractivity contribution in [2.45, 2.75) is 19.4 Å². The minimum absolute atomic E-state index is 0.0201. The van der Waals surface area contributed by atoms with Crippen LogP contribution in [0.25, 0.3) is 0 Å². The summed E-state index contributed by atoms with van der Waals surface area (Å²) in [6, 6.07) is 9.89. The van der Waals surface area contributed by atoms with Gasteiger partial charge < -0.3 is 10.5 Å². The topological polar surface area (TPSA) is 35.2 Å². The monoisotopic (exact) mass is 357 g/mol. The SMILES string of the molecule is CC(N)Cc1ccc(Cl)cc1Oc1ccc(Br)cc1F. The first-order chi connectivity index (χ1) is 9.45. The van der Waals surface area contributed by atoms with Gasteiger partial charge in [0.05, 0.1) is 0 Å². The summed E-state index contributed by atoms with van der Waals surface area (Å²) in [4.78, 5) is 0. The van der Waals surface area contributed by atoms with E-state index in [9.17, 15) is 4.39 Å². The molecule has 0 saturated carbocycles. The molecule has 0 spiro atoms. The highest BCUT2D eigenvalue weighted by Crippen LogP contribution is 2.31. The van der Waals surface area contributed by atoms with Crippen LogP contribution >= 0.6 is 27.5 Å². The summed E-state index contributed by atoms with van der Waals surface area (Å²) < 4.78 is 20.1.